The van der Waals surface area contributed by atoms with Crippen molar-refractivity contribution < 1.29 is 18.3 Å². The van der Waals surface area contributed by atoms with E-state index in [4.69, 9.17) is 9.15 Å². The Kier molecular flexibility index (Phi) is 6.71. The fourth-order valence-corrected chi connectivity index (χ4v) is 4.64. The molecule has 2 atom stereocenters. The van der Waals surface area contributed by atoms with E-state index < -0.39 is 6.10 Å². The van der Waals surface area contributed by atoms with E-state index in [1.165, 1.54) is 36.0 Å². The number of hydrogen-bond acceptors (Lipinski definition) is 8. The third-order valence-electron chi connectivity index (χ3n) is 4.86. The third kappa shape index (κ3) is 5.08. The Morgan fingerprint density at radius 2 is 1.94 bits per heavy atom. The summed E-state index contributed by atoms with van der Waals surface area (Å²) in [7, 11) is 1.76. The van der Waals surface area contributed by atoms with Gasteiger partial charge in [0.15, 0.2) is 6.10 Å². The molecule has 2 aromatic heterocycles. The Morgan fingerprint density at radius 1 is 1.19 bits per heavy atom. The van der Waals surface area contributed by atoms with Crippen LogP contribution in [-0.2, 0) is 4.79 Å². The number of carbonyl (C=O) groups is 1. The molecule has 0 radical (unpaired) electrons. The Morgan fingerprint density at radius 3 is 2.69 bits per heavy atom. The second kappa shape index (κ2) is 9.66. The quantitative estimate of drug-likeness (QED) is 0.323. The molecule has 0 saturated heterocycles. The lowest BCUT2D eigenvalue weighted by molar-refractivity contribution is -0.128. The van der Waals surface area contributed by atoms with Gasteiger partial charge in [-0.05, 0) is 50.2 Å². The highest BCUT2D eigenvalue weighted by molar-refractivity contribution is 7.99. The van der Waals surface area contributed by atoms with Gasteiger partial charge in [-0.2, -0.15) is 0 Å². The minimum absolute atomic E-state index is 0.0721. The predicted molar refractivity (Wildman–Crippen MR) is 121 cm³/mol. The standard InChI is InChI=1S/C22H21FN4O3S2/c1-13(21-24-17-6-4-5-7-18(17)32-21)27(3)19(28)12-31-22-26-25-20(30-22)14(2)29-16-10-8-15(23)9-11-16/h4-11,13-14H,12H2,1-3H3. The van der Waals surface area contributed by atoms with Crippen LogP contribution in [0.4, 0.5) is 4.39 Å². The number of para-hydroxylation sites is 1. The monoisotopic (exact) mass is 472 g/mol. The molecule has 0 saturated carbocycles. The molecule has 0 spiro atoms. The Balaban J connectivity index is 1.32. The van der Waals surface area contributed by atoms with Gasteiger partial charge < -0.3 is 14.1 Å². The zero-order valence-corrected chi connectivity index (χ0v) is 19.3. The van der Waals surface area contributed by atoms with Crippen molar-refractivity contribution in [3.63, 3.8) is 0 Å². The molecule has 0 aliphatic heterocycles. The molecule has 10 heteroatoms. The Hall–Kier alpha value is -2.98. The summed E-state index contributed by atoms with van der Waals surface area (Å²) < 4.78 is 25.4. The molecule has 4 aromatic rings. The van der Waals surface area contributed by atoms with Gasteiger partial charge in [-0.15, -0.1) is 21.5 Å². The van der Waals surface area contributed by atoms with E-state index in [9.17, 15) is 9.18 Å². The summed E-state index contributed by atoms with van der Waals surface area (Å²) in [6.45, 7) is 3.71. The maximum absolute atomic E-state index is 13.0. The van der Waals surface area contributed by atoms with Gasteiger partial charge in [-0.1, -0.05) is 23.9 Å². The molecule has 166 valence electrons. The first-order valence-electron chi connectivity index (χ1n) is 9.90. The van der Waals surface area contributed by atoms with Crippen molar-refractivity contribution >= 4 is 39.2 Å². The lowest BCUT2D eigenvalue weighted by Crippen LogP contribution is -2.31. The lowest BCUT2D eigenvalue weighted by Gasteiger charge is -2.22. The zero-order chi connectivity index (χ0) is 22.7. The molecule has 0 aliphatic rings. The van der Waals surface area contributed by atoms with Crippen LogP contribution in [-0.4, -0.2) is 38.8 Å². The smallest absolute Gasteiger partial charge is 0.277 e. The van der Waals surface area contributed by atoms with Crippen LogP contribution in [0.15, 0.2) is 58.2 Å². The Labute approximate surface area is 192 Å². The number of thioether (sulfide) groups is 1. The van der Waals surface area contributed by atoms with Crippen LogP contribution in [0.1, 0.15) is 36.9 Å². The second-order valence-corrected chi connectivity index (χ2v) is 9.10. The highest BCUT2D eigenvalue weighted by Gasteiger charge is 2.22. The van der Waals surface area contributed by atoms with E-state index in [-0.39, 0.29) is 34.6 Å². The molecular weight excluding hydrogens is 451 g/mol. The van der Waals surface area contributed by atoms with Gasteiger partial charge in [0.1, 0.15) is 16.6 Å². The molecule has 4 rings (SSSR count). The number of aromatic nitrogens is 3. The molecule has 32 heavy (non-hydrogen) atoms. The van der Waals surface area contributed by atoms with Crippen molar-refractivity contribution in [3.8, 4) is 5.75 Å². The lowest BCUT2D eigenvalue weighted by atomic mass is 10.3. The second-order valence-electron chi connectivity index (χ2n) is 7.11. The maximum Gasteiger partial charge on any atom is 0.277 e. The minimum Gasteiger partial charge on any atom is -0.481 e. The van der Waals surface area contributed by atoms with E-state index in [1.807, 2.05) is 31.2 Å². The van der Waals surface area contributed by atoms with Crippen LogP contribution >= 0.6 is 23.1 Å². The number of hydrogen-bond donors (Lipinski definition) is 0. The van der Waals surface area contributed by atoms with E-state index in [2.05, 4.69) is 15.2 Å². The van der Waals surface area contributed by atoms with Gasteiger partial charge in [-0.3, -0.25) is 4.79 Å². The van der Waals surface area contributed by atoms with Gasteiger partial charge in [-0.25, -0.2) is 9.37 Å². The fraction of sp³-hybridized carbons (Fsp3) is 0.273. The first kappa shape index (κ1) is 22.2. The van der Waals surface area contributed by atoms with Crippen LogP contribution in [0.2, 0.25) is 0 Å². The number of nitrogens with zero attached hydrogens (tertiary/aromatic N) is 4. The third-order valence-corrected chi connectivity index (χ3v) is 6.87. The fourth-order valence-electron chi connectivity index (χ4n) is 2.89. The van der Waals surface area contributed by atoms with Crippen LogP contribution < -0.4 is 4.74 Å². The average Bonchev–Trinajstić information content (AvgIpc) is 3.45. The zero-order valence-electron chi connectivity index (χ0n) is 17.7. The van der Waals surface area contributed by atoms with Gasteiger partial charge in [0.25, 0.3) is 11.1 Å². The molecule has 0 aliphatic carbocycles. The molecule has 0 bridgehead atoms. The van der Waals surface area contributed by atoms with Gasteiger partial charge in [0.05, 0.1) is 22.0 Å². The number of fused-ring (bicyclic) bond motifs is 1. The molecule has 2 unspecified atom stereocenters. The SMILES string of the molecule is CC(Oc1ccc(F)cc1)c1nnc(SCC(=O)N(C)C(C)c2nc3ccccc3s2)o1. The van der Waals surface area contributed by atoms with E-state index in [1.54, 1.807) is 30.2 Å². The number of rotatable bonds is 8. The van der Waals surface area contributed by atoms with Crippen molar-refractivity contribution in [1.82, 2.24) is 20.1 Å². The molecule has 0 fully saturated rings. The topological polar surface area (TPSA) is 81.4 Å². The first-order valence-corrected chi connectivity index (χ1v) is 11.7. The largest absolute Gasteiger partial charge is 0.481 e. The molecular formula is C22H21FN4O3S2. The number of benzene rings is 2. The normalized spacial score (nSPS) is 13.1. The number of thiazole rings is 1. The summed E-state index contributed by atoms with van der Waals surface area (Å²) >= 11 is 2.75. The molecule has 0 N–H and O–H groups in total. The first-order chi connectivity index (χ1) is 15.4. The van der Waals surface area contributed by atoms with Gasteiger partial charge >= 0.3 is 0 Å². The summed E-state index contributed by atoms with van der Waals surface area (Å²) in [6.07, 6.45) is -0.514. The van der Waals surface area contributed by atoms with E-state index >= 15 is 0 Å². The molecule has 2 aromatic carbocycles. The molecule has 1 amide bonds. The highest BCUT2D eigenvalue weighted by atomic mass is 32.2. The highest BCUT2D eigenvalue weighted by Crippen LogP contribution is 2.30. The van der Waals surface area contributed by atoms with Gasteiger partial charge in [0, 0.05) is 7.05 Å². The predicted octanol–water partition coefficient (Wildman–Crippen LogP) is 5.27. The van der Waals surface area contributed by atoms with Crippen molar-refractivity contribution in [2.75, 3.05) is 12.8 Å². The molecule has 2 heterocycles. The van der Waals surface area contributed by atoms with Crippen LogP contribution in [0.3, 0.4) is 0 Å². The number of carbonyl (C=O) groups excluding carboxylic acids is 1. The Bertz CT molecular complexity index is 1180. The summed E-state index contributed by atoms with van der Waals surface area (Å²) in [4.78, 5) is 19.0. The number of halogens is 1. The van der Waals surface area contributed by atoms with E-state index in [0.717, 1.165) is 15.2 Å². The van der Waals surface area contributed by atoms with Crippen molar-refractivity contribution in [2.45, 2.75) is 31.2 Å². The van der Waals surface area contributed by atoms with Crippen LogP contribution in [0.25, 0.3) is 10.2 Å². The number of ether oxygens (including phenoxy) is 1. The van der Waals surface area contributed by atoms with Crippen molar-refractivity contribution in [1.29, 1.82) is 0 Å². The summed E-state index contributed by atoms with van der Waals surface area (Å²) in [6, 6.07) is 13.4. The number of amides is 1. The summed E-state index contributed by atoms with van der Waals surface area (Å²) in [5.74, 6) is 0.513. The van der Waals surface area contributed by atoms with Crippen molar-refractivity contribution in [3.05, 3.63) is 65.2 Å². The molecule has 7 nitrogen and oxygen atoms in total. The van der Waals surface area contributed by atoms with E-state index in [0.29, 0.717) is 5.75 Å². The average molecular weight is 473 g/mol. The van der Waals surface area contributed by atoms with Crippen LogP contribution in [0.5, 0.6) is 5.75 Å². The van der Waals surface area contributed by atoms with Crippen LogP contribution in [0, 0.1) is 5.82 Å². The summed E-state index contributed by atoms with van der Waals surface area (Å²) in [5, 5.41) is 9.14. The van der Waals surface area contributed by atoms with Gasteiger partial charge in [0.2, 0.25) is 5.91 Å². The maximum atomic E-state index is 13.0. The van der Waals surface area contributed by atoms with Crippen molar-refractivity contribution in [2.24, 2.45) is 0 Å². The minimum atomic E-state index is -0.514. The summed E-state index contributed by atoms with van der Waals surface area (Å²) in [5.41, 5.74) is 0.935.